The molecule has 0 atom stereocenters. The molecule has 5 aromatic heterocycles. The Morgan fingerprint density at radius 1 is 0.474 bits per heavy atom. The Labute approximate surface area is 739 Å². The van der Waals surface area contributed by atoms with Crippen LogP contribution in [0.3, 0.4) is 0 Å². The Bertz CT molecular complexity index is 4940. The number of nitrogen functional groups attached to an aromatic ring is 1. The number of carbonyl (C=O) groups is 3. The number of carbonyl (C=O) groups excluding carboxylic acids is 3. The van der Waals surface area contributed by atoms with E-state index in [0.717, 1.165) is 130 Å². The Morgan fingerprint density at radius 2 is 0.814 bits per heavy atom. The number of fused-ring (bicyclic) bond motifs is 15. The zero-order valence-electron chi connectivity index (χ0n) is 54.6. The van der Waals surface area contributed by atoms with E-state index in [9.17, 15) is 9.59 Å². The third-order valence-corrected chi connectivity index (χ3v) is 16.1. The number of benzene rings is 10. The normalized spacial score (nSPS) is 9.82. The molecule has 0 radical (unpaired) electrons. The van der Waals surface area contributed by atoms with Crippen molar-refractivity contribution in [1.29, 1.82) is 0 Å². The van der Waals surface area contributed by atoms with Crippen LogP contribution in [0.25, 0.3) is 110 Å². The predicted octanol–water partition coefficient (Wildman–Crippen LogP) is 12.8. The molecular formula is C72H67Br6K3N4O12. The van der Waals surface area contributed by atoms with Gasteiger partial charge in [0.15, 0.2) is 16.7 Å². The molecule has 0 bridgehead atoms. The Hall–Kier alpha value is -2.96. The molecule has 15 rings (SSSR count). The molecule has 10 aromatic carbocycles. The van der Waals surface area contributed by atoms with Crippen LogP contribution in [0.15, 0.2) is 240 Å². The fourth-order valence-corrected chi connectivity index (χ4v) is 11.8. The predicted molar refractivity (Wildman–Crippen MR) is 404 cm³/mol. The topological polar surface area (TPSA) is 262 Å². The summed E-state index contributed by atoms with van der Waals surface area (Å²) in [6, 6.07) is 65.1. The Morgan fingerprint density at radius 3 is 1.29 bits per heavy atom. The fourth-order valence-electron chi connectivity index (χ4n) is 9.72. The van der Waals surface area contributed by atoms with Crippen LogP contribution >= 0.6 is 92.0 Å². The van der Waals surface area contributed by atoms with Crippen LogP contribution in [0.4, 0.5) is 17.1 Å². The second-order valence-corrected chi connectivity index (χ2v) is 23.0. The van der Waals surface area contributed by atoms with Crippen molar-refractivity contribution >= 4 is 237 Å². The minimum absolute atomic E-state index is 0. The smallest absolute Gasteiger partial charge is 1.00 e. The van der Waals surface area contributed by atoms with Crippen molar-refractivity contribution < 1.29 is 213 Å². The summed E-state index contributed by atoms with van der Waals surface area (Å²) in [5, 5.41) is 34.9. The van der Waals surface area contributed by atoms with Crippen molar-refractivity contribution in [1.82, 2.24) is 5.32 Å². The molecule has 5 heterocycles. The number of nitrogens with two attached hydrogens (primary N) is 1. The number of hydrogen-bond acceptors (Lipinski definition) is 14. The summed E-state index contributed by atoms with van der Waals surface area (Å²) < 4.78 is 32.8. The molecule has 0 aliphatic heterocycles. The summed E-state index contributed by atoms with van der Waals surface area (Å²) in [7, 11) is 2.98. The first kappa shape index (κ1) is 90.1. The summed E-state index contributed by atoms with van der Waals surface area (Å²) in [6.45, 7) is 6.14. The molecule has 0 saturated heterocycles. The summed E-state index contributed by atoms with van der Waals surface area (Å²) in [4.78, 5) is 33.6. The van der Waals surface area contributed by atoms with Crippen molar-refractivity contribution in [3.05, 3.63) is 218 Å². The van der Waals surface area contributed by atoms with Crippen LogP contribution in [-0.4, -0.2) is 49.6 Å². The first-order valence-electron chi connectivity index (χ1n) is 28.2. The Kier molecular flexibility index (Phi) is 43.3. The molecule has 16 nitrogen and oxygen atoms in total. The van der Waals surface area contributed by atoms with Crippen LogP contribution in [0.5, 0.6) is 0 Å². The number of para-hydroxylation sites is 7. The molecule has 0 unspecified atom stereocenters. The molecule has 0 aliphatic rings. The van der Waals surface area contributed by atoms with Crippen molar-refractivity contribution in [3.8, 4) is 0 Å². The monoisotopic (exact) mass is 1770 g/mol. The van der Waals surface area contributed by atoms with Gasteiger partial charge in [0.1, 0.15) is 39.1 Å². The zero-order chi connectivity index (χ0) is 66.3. The number of aliphatic hydroxyl groups excluding tert-OH is 1. The van der Waals surface area contributed by atoms with Crippen molar-refractivity contribution in [3.63, 3.8) is 0 Å². The molecular weight excluding hydrogens is 1710 g/mol. The van der Waals surface area contributed by atoms with Gasteiger partial charge in [-0.3, -0.25) is 14.4 Å². The van der Waals surface area contributed by atoms with Crippen molar-refractivity contribution in [2.45, 2.75) is 41.0 Å². The standard InChI is InChI=1S/C14H10BrNO2.C14H11NO2.C12H8BrNO.2C12H7BrO.C5H13N.CH2O3.CH4O.CH4.Br2.3K.H2O.H/c1-8(17)16-11-7-6-10(15)13-9-4-2-3-5-12(9)18-14(11)13;1-9(16)15-12-7-4-6-11-10-5-2-3-8-13(10)17-14(11)12;13-8-5-6-9(14)12-11(8)7-3-1-2-4-10(7)15-12;13-10-6-3-5-9-8-4-1-2-7-11(8)14-12(9)10;13-9-5-3-7-11-12(9)8-4-1-2-6-10(8)14-11;1-3-4-5-6-2;2-1-4-3;1-2;;1-2;;;;;/h2-7H,1H3,(H,16,17);2-8H,1H3,(H,15,16);1-6H,14H2;2*1-7H;6H,3-5H2,1-2H3;1,3H;2H,1H3;1H4;;;;;1H2;/q;;;;;;;;;;3*+1;;-1/p-2. The fraction of sp³-hybridized carbons (Fsp3) is 0.125. The maximum Gasteiger partial charge on any atom is 1.00 e. The molecule has 0 fully saturated rings. The molecule has 492 valence electrons. The van der Waals surface area contributed by atoms with Gasteiger partial charge in [-0.1, -0.05) is 190 Å². The zero-order valence-corrected chi connectivity index (χ0v) is 72.5. The molecule has 0 saturated carbocycles. The first-order chi connectivity index (χ1) is 44.7. The van der Waals surface area contributed by atoms with Crippen LogP contribution in [0, 0.1) is 0 Å². The number of rotatable bonds is 6. The van der Waals surface area contributed by atoms with Crippen LogP contribution in [-0.2, 0) is 19.3 Å². The minimum Gasteiger partial charge on any atom is -1.00 e. The molecule has 25 heteroatoms. The van der Waals surface area contributed by atoms with E-state index in [4.69, 9.17) is 43.0 Å². The van der Waals surface area contributed by atoms with Crippen LogP contribution < -0.4 is 181 Å². The number of furan rings is 5. The van der Waals surface area contributed by atoms with Crippen LogP contribution in [0.1, 0.15) is 42.5 Å². The number of halogens is 6. The van der Waals surface area contributed by atoms with E-state index in [2.05, 4.69) is 138 Å². The van der Waals surface area contributed by atoms with Gasteiger partial charge in [-0.15, -0.1) is 0 Å². The average Bonchev–Trinajstić information content (AvgIpc) is 1.67. The number of unbranched alkanes of at least 4 members (excludes halogenated alkanes) is 1. The third-order valence-electron chi connectivity index (χ3n) is 13.5. The molecule has 0 spiro atoms. The largest absolute Gasteiger partial charge is 1.00 e. The van der Waals surface area contributed by atoms with Gasteiger partial charge in [-0.05, 0) is 115 Å². The molecule has 2 amide bonds. The maximum atomic E-state index is 11.2. The third kappa shape index (κ3) is 23.8. The molecule has 7 N–H and O–H groups in total. The van der Waals surface area contributed by atoms with E-state index < -0.39 is 0 Å². The second kappa shape index (κ2) is 46.6. The van der Waals surface area contributed by atoms with Gasteiger partial charge >= 0.3 is 154 Å². The quantitative estimate of drug-likeness (QED) is 0.0259. The number of anilines is 3. The van der Waals surface area contributed by atoms with Gasteiger partial charge in [0.05, 0.1) is 21.5 Å². The van der Waals surface area contributed by atoms with Crippen molar-refractivity contribution in [2.24, 2.45) is 0 Å². The first-order valence-corrected chi connectivity index (χ1v) is 35.1. The van der Waals surface area contributed by atoms with Crippen molar-refractivity contribution in [2.75, 3.05) is 37.1 Å². The van der Waals surface area contributed by atoms with Gasteiger partial charge < -0.3 is 65.9 Å². The van der Waals surface area contributed by atoms with E-state index in [0.29, 0.717) is 22.6 Å². The number of aliphatic hydroxyl groups is 1. The van der Waals surface area contributed by atoms with Gasteiger partial charge in [0.25, 0.3) is 6.47 Å². The van der Waals surface area contributed by atoms with Gasteiger partial charge in [0, 0.05) is 116 Å². The van der Waals surface area contributed by atoms with Gasteiger partial charge in [0.2, 0.25) is 11.8 Å². The second-order valence-electron chi connectivity index (χ2n) is 19.6. The summed E-state index contributed by atoms with van der Waals surface area (Å²) in [5.41, 5.74) is 16.4. The van der Waals surface area contributed by atoms with Gasteiger partial charge in [-0.25, -0.2) is 0 Å². The number of nitrogens with one attached hydrogen (secondary N) is 3. The number of amides is 2. The molecule has 15 aromatic rings. The van der Waals surface area contributed by atoms with Gasteiger partial charge in [-0.2, -0.15) is 0 Å². The minimum atomic E-state index is -0.181. The summed E-state index contributed by atoms with van der Waals surface area (Å²) in [5.74, 6) is -0.211. The van der Waals surface area contributed by atoms with Crippen LogP contribution in [0.2, 0.25) is 0 Å². The van der Waals surface area contributed by atoms with E-state index in [1.54, 1.807) is 0 Å². The number of hydrogen-bond donors (Lipinski definition) is 5. The van der Waals surface area contributed by atoms with E-state index in [-0.39, 0.29) is 187 Å². The van der Waals surface area contributed by atoms with E-state index >= 15 is 0 Å². The Balaban J connectivity index is 0.000000577. The molecule has 97 heavy (non-hydrogen) atoms. The van der Waals surface area contributed by atoms with E-state index in [1.165, 1.54) is 32.1 Å². The maximum absolute atomic E-state index is 11.2. The average molecular weight is 1780 g/mol. The summed E-state index contributed by atoms with van der Waals surface area (Å²) in [6.07, 6.45) is 2.59. The molecule has 0 aliphatic carbocycles. The summed E-state index contributed by atoms with van der Waals surface area (Å²) >= 11 is 19.6. The van der Waals surface area contributed by atoms with E-state index in [1.807, 2.05) is 189 Å². The SMILES string of the molecule is BrBr.Brc1cccc2c1oc1ccccc12.Brc1cccc2oc3ccccc3c12.C.CC(=O)Nc1ccc(Br)c2c1oc1ccccc12.CC(=O)Nc1cccc2c1oc1ccccc12.CCCCNC.CO.Nc1ccc(Br)c2c1oc1ccccc12.O=CO[O-].[H-].[K+].[K+].[K+].[OH-].